The van der Waals surface area contributed by atoms with Gasteiger partial charge in [0.2, 0.25) is 0 Å². The summed E-state index contributed by atoms with van der Waals surface area (Å²) in [5, 5.41) is 8.04. The Morgan fingerprint density at radius 2 is 2.00 bits per heavy atom. The monoisotopic (exact) mass is 161 g/mol. The van der Waals surface area contributed by atoms with Crippen LogP contribution in [0.2, 0.25) is 0 Å². The van der Waals surface area contributed by atoms with E-state index >= 15 is 0 Å². The topological polar surface area (TPSA) is 72.3 Å². The average molecular weight is 161 g/mol. The zero-order valence-corrected chi connectivity index (χ0v) is 7.47. The normalized spacial score (nSPS) is 6.73. The molecule has 0 aromatic heterocycles. The van der Waals surface area contributed by atoms with Crippen LogP contribution in [0, 0.1) is 0 Å². The van der Waals surface area contributed by atoms with Gasteiger partial charge in [0.15, 0.2) is 0 Å². The lowest BCUT2D eigenvalue weighted by molar-refractivity contribution is -0.137. The molecule has 0 atom stereocenters. The van der Waals surface area contributed by atoms with Gasteiger partial charge in [-0.2, -0.15) is 0 Å². The Hall–Kier alpha value is -0.830. The molecular formula is C8H19NO2. The van der Waals surface area contributed by atoms with Crippen molar-refractivity contribution < 1.29 is 9.90 Å². The molecular weight excluding hydrogens is 142 g/mol. The van der Waals surface area contributed by atoms with E-state index in [9.17, 15) is 4.79 Å². The Kier molecular flexibility index (Phi) is 24.3. The van der Waals surface area contributed by atoms with E-state index in [1.807, 2.05) is 13.8 Å². The maximum Gasteiger partial charge on any atom is 0.303 e. The second-order valence-corrected chi connectivity index (χ2v) is 1.91. The summed E-state index contributed by atoms with van der Waals surface area (Å²) in [6.45, 7) is 7.23. The van der Waals surface area contributed by atoms with Gasteiger partial charge in [0, 0.05) is 6.42 Å². The molecule has 0 saturated carbocycles. The molecule has 0 heterocycles. The maximum atomic E-state index is 9.76. The van der Waals surface area contributed by atoms with E-state index in [4.69, 9.17) is 5.11 Å². The van der Waals surface area contributed by atoms with Gasteiger partial charge in [-0.15, -0.1) is 6.58 Å². The Morgan fingerprint density at radius 1 is 1.64 bits per heavy atom. The highest BCUT2D eigenvalue weighted by Crippen LogP contribution is 1.91. The summed E-state index contributed by atoms with van der Waals surface area (Å²) in [6.07, 6.45) is 3.83. The number of allylic oxidation sites excluding steroid dienone is 1. The van der Waals surface area contributed by atoms with Crippen molar-refractivity contribution in [1.82, 2.24) is 6.15 Å². The lowest BCUT2D eigenvalue weighted by Crippen LogP contribution is -1.91. The van der Waals surface area contributed by atoms with Crippen molar-refractivity contribution in [3.63, 3.8) is 0 Å². The lowest BCUT2D eigenvalue weighted by Gasteiger charge is -1.85. The molecule has 0 aromatic rings. The first-order valence-electron chi connectivity index (χ1n) is 3.47. The Labute approximate surface area is 68.7 Å². The third-order valence-corrected chi connectivity index (χ3v) is 0.744. The summed E-state index contributed by atoms with van der Waals surface area (Å²) < 4.78 is 0. The molecule has 0 aliphatic rings. The van der Waals surface area contributed by atoms with Crippen LogP contribution in [0.3, 0.4) is 0 Å². The van der Waals surface area contributed by atoms with Gasteiger partial charge in [-0.25, -0.2) is 0 Å². The van der Waals surface area contributed by atoms with Gasteiger partial charge in [0.1, 0.15) is 0 Å². The first-order valence-corrected chi connectivity index (χ1v) is 3.47. The van der Waals surface area contributed by atoms with Gasteiger partial charge >= 0.3 is 5.97 Å². The second-order valence-electron chi connectivity index (χ2n) is 1.91. The fourth-order valence-corrected chi connectivity index (χ4v) is 0.328. The van der Waals surface area contributed by atoms with Crippen LogP contribution in [0.25, 0.3) is 0 Å². The van der Waals surface area contributed by atoms with Gasteiger partial charge < -0.3 is 11.3 Å². The van der Waals surface area contributed by atoms with E-state index in [0.717, 1.165) is 12.8 Å². The Balaban J connectivity index is -0.000000140. The van der Waals surface area contributed by atoms with E-state index in [0.29, 0.717) is 6.42 Å². The standard InChI is InChI=1S/C5H10O2.C3H6.H3N/c1-2-3-4-5(6)7;1-3-2;/h2-4H2,1H3,(H,6,7);3H,1H2,2H3;1H3. The van der Waals surface area contributed by atoms with E-state index < -0.39 is 5.97 Å². The average Bonchev–Trinajstić information content (AvgIpc) is 1.85. The van der Waals surface area contributed by atoms with Crippen molar-refractivity contribution in [1.29, 1.82) is 0 Å². The number of rotatable bonds is 3. The molecule has 0 spiro atoms. The molecule has 0 rings (SSSR count). The predicted molar refractivity (Wildman–Crippen MR) is 48.1 cm³/mol. The van der Waals surface area contributed by atoms with Crippen molar-refractivity contribution in [3.8, 4) is 0 Å². The molecule has 0 radical (unpaired) electrons. The highest BCUT2D eigenvalue weighted by Gasteiger charge is 1.90. The summed E-state index contributed by atoms with van der Waals surface area (Å²) in [4.78, 5) is 9.76. The number of carboxylic acid groups (broad SMARTS) is 1. The van der Waals surface area contributed by atoms with Crippen molar-refractivity contribution in [2.24, 2.45) is 0 Å². The van der Waals surface area contributed by atoms with Gasteiger partial charge in [0.05, 0.1) is 0 Å². The lowest BCUT2D eigenvalue weighted by atomic mass is 10.3. The minimum Gasteiger partial charge on any atom is -0.481 e. The van der Waals surface area contributed by atoms with Crippen LogP contribution >= 0.6 is 0 Å². The molecule has 4 N–H and O–H groups in total. The smallest absolute Gasteiger partial charge is 0.303 e. The van der Waals surface area contributed by atoms with E-state index in [1.54, 1.807) is 6.08 Å². The van der Waals surface area contributed by atoms with Crippen LogP contribution in [-0.4, -0.2) is 11.1 Å². The molecule has 0 unspecified atom stereocenters. The highest BCUT2D eigenvalue weighted by atomic mass is 16.4. The van der Waals surface area contributed by atoms with Gasteiger partial charge in [-0.3, -0.25) is 4.79 Å². The zero-order valence-electron chi connectivity index (χ0n) is 7.47. The fraction of sp³-hybridized carbons (Fsp3) is 0.625. The second kappa shape index (κ2) is 16.1. The summed E-state index contributed by atoms with van der Waals surface area (Å²) in [5.74, 6) is -0.693. The number of carbonyl (C=O) groups is 1. The van der Waals surface area contributed by atoms with Crippen LogP contribution in [-0.2, 0) is 4.79 Å². The van der Waals surface area contributed by atoms with Crippen molar-refractivity contribution in [2.45, 2.75) is 33.1 Å². The van der Waals surface area contributed by atoms with E-state index in [-0.39, 0.29) is 6.15 Å². The van der Waals surface area contributed by atoms with Crippen molar-refractivity contribution in [3.05, 3.63) is 12.7 Å². The van der Waals surface area contributed by atoms with Gasteiger partial charge in [-0.1, -0.05) is 19.4 Å². The number of carboxylic acids is 1. The zero-order chi connectivity index (χ0) is 8.41. The van der Waals surface area contributed by atoms with Crippen LogP contribution in [0.5, 0.6) is 0 Å². The Morgan fingerprint density at radius 3 is 2.09 bits per heavy atom. The predicted octanol–water partition coefficient (Wildman–Crippen LogP) is 2.62. The summed E-state index contributed by atoms with van der Waals surface area (Å²) >= 11 is 0. The van der Waals surface area contributed by atoms with Crippen molar-refractivity contribution in [2.75, 3.05) is 0 Å². The summed E-state index contributed by atoms with van der Waals surface area (Å²) in [7, 11) is 0. The third-order valence-electron chi connectivity index (χ3n) is 0.744. The largest absolute Gasteiger partial charge is 0.481 e. The third kappa shape index (κ3) is 46.9. The minimum atomic E-state index is -0.693. The van der Waals surface area contributed by atoms with Crippen LogP contribution in [0.15, 0.2) is 12.7 Å². The highest BCUT2D eigenvalue weighted by molar-refractivity contribution is 5.66. The summed E-state index contributed by atoms with van der Waals surface area (Å²) in [6, 6.07) is 0. The molecule has 3 nitrogen and oxygen atoms in total. The van der Waals surface area contributed by atoms with Crippen LogP contribution < -0.4 is 6.15 Å². The van der Waals surface area contributed by atoms with Gasteiger partial charge in [-0.05, 0) is 13.3 Å². The molecule has 0 saturated heterocycles. The minimum absolute atomic E-state index is 0. The first kappa shape index (κ1) is 16.6. The molecule has 0 aromatic carbocycles. The SMILES string of the molecule is C=CC.CCCCC(=O)O.N. The molecule has 0 amide bonds. The number of aliphatic carboxylic acids is 1. The number of hydrogen-bond donors (Lipinski definition) is 2. The molecule has 0 bridgehead atoms. The fourth-order valence-electron chi connectivity index (χ4n) is 0.328. The quantitative estimate of drug-likeness (QED) is 0.625. The molecule has 0 aliphatic carbocycles. The van der Waals surface area contributed by atoms with Crippen LogP contribution in [0.4, 0.5) is 0 Å². The van der Waals surface area contributed by atoms with Crippen LogP contribution in [0.1, 0.15) is 33.1 Å². The van der Waals surface area contributed by atoms with Crippen molar-refractivity contribution >= 4 is 5.97 Å². The first-order chi connectivity index (χ1) is 4.68. The number of unbranched alkanes of at least 4 members (excludes halogenated alkanes) is 1. The maximum absolute atomic E-state index is 9.76. The molecule has 0 fully saturated rings. The van der Waals surface area contributed by atoms with E-state index in [1.165, 1.54) is 0 Å². The Bertz CT molecular complexity index is 92.1. The number of hydrogen-bond acceptors (Lipinski definition) is 2. The molecule has 0 aliphatic heterocycles. The summed E-state index contributed by atoms with van der Waals surface area (Å²) in [5.41, 5.74) is 0. The van der Waals surface area contributed by atoms with E-state index in [2.05, 4.69) is 6.58 Å². The molecule has 11 heavy (non-hydrogen) atoms. The van der Waals surface area contributed by atoms with Gasteiger partial charge in [0.25, 0.3) is 0 Å². The molecule has 68 valence electrons. The molecule has 3 heteroatoms.